The second kappa shape index (κ2) is 7.56. The second-order valence-corrected chi connectivity index (χ2v) is 6.71. The highest BCUT2D eigenvalue weighted by atomic mass is 16.2. The van der Waals surface area contributed by atoms with E-state index in [4.69, 9.17) is 0 Å². The Morgan fingerprint density at radius 2 is 2.19 bits per heavy atom. The number of fused-ring (bicyclic) bond motifs is 1. The number of nitrogens with one attached hydrogen (secondary N) is 2. The molecule has 2 N–H and O–H groups in total. The lowest BCUT2D eigenvalue weighted by Crippen LogP contribution is -2.45. The maximum absolute atomic E-state index is 12.7. The molecule has 1 aromatic carbocycles. The largest absolute Gasteiger partial charge is 0.338 e. The first-order valence-corrected chi connectivity index (χ1v) is 9.19. The topological polar surface area (TPSA) is 73.9 Å². The summed E-state index contributed by atoms with van der Waals surface area (Å²) in [5.41, 5.74) is 3.25. The number of rotatable bonds is 4. The van der Waals surface area contributed by atoms with Crippen molar-refractivity contribution in [1.29, 1.82) is 0 Å². The van der Waals surface area contributed by atoms with Crippen LogP contribution in [0.3, 0.4) is 0 Å². The van der Waals surface area contributed by atoms with Crippen LogP contribution in [0, 0.1) is 0 Å². The summed E-state index contributed by atoms with van der Waals surface area (Å²) in [7, 11) is 0. The summed E-state index contributed by atoms with van der Waals surface area (Å²) in [6.07, 6.45) is 9.46. The smallest absolute Gasteiger partial charge is 0.317 e. The predicted octanol–water partition coefficient (Wildman–Crippen LogP) is 3.44. The molecule has 1 aliphatic rings. The van der Waals surface area contributed by atoms with E-state index in [0.717, 1.165) is 54.3 Å². The third-order valence-electron chi connectivity index (χ3n) is 5.05. The van der Waals surface area contributed by atoms with E-state index in [-0.39, 0.29) is 12.1 Å². The molecule has 6 heteroatoms. The maximum Gasteiger partial charge on any atom is 0.317 e. The van der Waals surface area contributed by atoms with Crippen molar-refractivity contribution in [1.82, 2.24) is 25.4 Å². The van der Waals surface area contributed by atoms with Crippen LogP contribution in [0.2, 0.25) is 0 Å². The van der Waals surface area contributed by atoms with Crippen LogP contribution >= 0.6 is 0 Å². The Kier molecular flexibility index (Phi) is 4.82. The quantitative estimate of drug-likeness (QED) is 0.758. The number of carbonyl (C=O) groups excluding carboxylic acids is 1. The van der Waals surface area contributed by atoms with Gasteiger partial charge in [0.05, 0.1) is 17.8 Å². The van der Waals surface area contributed by atoms with Crippen molar-refractivity contribution in [3.8, 4) is 0 Å². The Bertz CT molecular complexity index is 872. The number of aromatic amines is 1. The number of benzene rings is 1. The molecule has 4 rings (SSSR count). The molecule has 2 amide bonds. The number of likely N-dealkylation sites (tertiary alicyclic amines) is 1. The minimum absolute atomic E-state index is 0.00379. The van der Waals surface area contributed by atoms with Gasteiger partial charge in [-0.1, -0.05) is 24.3 Å². The fourth-order valence-electron chi connectivity index (χ4n) is 3.74. The van der Waals surface area contributed by atoms with Crippen molar-refractivity contribution in [2.75, 3.05) is 13.1 Å². The van der Waals surface area contributed by atoms with Crippen LogP contribution in [0.4, 0.5) is 4.79 Å². The fraction of sp³-hybridized carbons (Fsp3) is 0.350. The Labute approximate surface area is 152 Å². The fourth-order valence-corrected chi connectivity index (χ4v) is 3.74. The minimum Gasteiger partial charge on any atom is -0.338 e. The molecule has 0 bridgehead atoms. The van der Waals surface area contributed by atoms with E-state index in [9.17, 15) is 4.79 Å². The van der Waals surface area contributed by atoms with Crippen LogP contribution < -0.4 is 5.32 Å². The normalized spacial score (nSPS) is 17.4. The van der Waals surface area contributed by atoms with Crippen LogP contribution in [-0.4, -0.2) is 39.2 Å². The number of para-hydroxylation sites is 1. The van der Waals surface area contributed by atoms with Gasteiger partial charge in [-0.05, 0) is 37.3 Å². The monoisotopic (exact) mass is 349 g/mol. The molecule has 6 nitrogen and oxygen atoms in total. The van der Waals surface area contributed by atoms with Crippen LogP contribution in [-0.2, 0) is 6.42 Å². The number of aromatic nitrogens is 3. The molecule has 0 saturated carbocycles. The van der Waals surface area contributed by atoms with Crippen LogP contribution in [0.5, 0.6) is 0 Å². The lowest BCUT2D eigenvalue weighted by atomic mass is 9.98. The van der Waals surface area contributed by atoms with Gasteiger partial charge in [0.25, 0.3) is 0 Å². The van der Waals surface area contributed by atoms with Crippen molar-refractivity contribution in [3.05, 3.63) is 60.0 Å². The van der Waals surface area contributed by atoms with Crippen LogP contribution in [0.1, 0.15) is 36.4 Å². The third kappa shape index (κ3) is 3.40. The van der Waals surface area contributed by atoms with Crippen LogP contribution in [0.25, 0.3) is 10.9 Å². The lowest BCUT2D eigenvalue weighted by molar-refractivity contribution is 0.151. The average Bonchev–Trinajstić information content (AvgIpc) is 3.23. The van der Waals surface area contributed by atoms with E-state index in [1.54, 1.807) is 0 Å². The van der Waals surface area contributed by atoms with Crippen molar-refractivity contribution in [2.45, 2.75) is 31.7 Å². The van der Waals surface area contributed by atoms with Gasteiger partial charge in [0.1, 0.15) is 0 Å². The summed E-state index contributed by atoms with van der Waals surface area (Å²) in [5.74, 6) is 0. The molecule has 1 atom stereocenters. The number of hydrogen-bond donors (Lipinski definition) is 2. The Balaban J connectivity index is 1.40. The highest BCUT2D eigenvalue weighted by molar-refractivity contribution is 5.81. The van der Waals surface area contributed by atoms with Gasteiger partial charge in [-0.15, -0.1) is 0 Å². The molecule has 0 radical (unpaired) electrons. The van der Waals surface area contributed by atoms with Crippen molar-refractivity contribution in [2.24, 2.45) is 0 Å². The Hall–Kier alpha value is -2.89. The van der Waals surface area contributed by atoms with Gasteiger partial charge >= 0.3 is 6.03 Å². The van der Waals surface area contributed by atoms with Crippen molar-refractivity contribution >= 4 is 16.9 Å². The van der Waals surface area contributed by atoms with E-state index in [1.165, 1.54) is 0 Å². The van der Waals surface area contributed by atoms with Gasteiger partial charge < -0.3 is 10.2 Å². The zero-order valence-electron chi connectivity index (χ0n) is 14.7. The molecular formula is C20H23N5O. The first-order valence-electron chi connectivity index (χ1n) is 9.19. The second-order valence-electron chi connectivity index (χ2n) is 6.71. The number of H-pyrrole nitrogens is 1. The molecule has 0 spiro atoms. The number of carbonyl (C=O) groups is 1. The first kappa shape index (κ1) is 16.6. The van der Waals surface area contributed by atoms with Gasteiger partial charge in [-0.3, -0.25) is 10.1 Å². The van der Waals surface area contributed by atoms with E-state index in [1.807, 2.05) is 35.6 Å². The van der Waals surface area contributed by atoms with Gasteiger partial charge in [0.15, 0.2) is 0 Å². The number of hydrogen-bond acceptors (Lipinski definition) is 3. The van der Waals surface area contributed by atoms with Gasteiger partial charge in [-0.25, -0.2) is 4.79 Å². The van der Waals surface area contributed by atoms with E-state index >= 15 is 0 Å². The van der Waals surface area contributed by atoms with Gasteiger partial charge in [-0.2, -0.15) is 5.10 Å². The van der Waals surface area contributed by atoms with Gasteiger partial charge in [0.2, 0.25) is 0 Å². The summed E-state index contributed by atoms with van der Waals surface area (Å²) in [4.78, 5) is 19.1. The summed E-state index contributed by atoms with van der Waals surface area (Å²) in [6.45, 7) is 1.39. The van der Waals surface area contributed by atoms with Crippen LogP contribution in [0.15, 0.2) is 48.9 Å². The summed E-state index contributed by atoms with van der Waals surface area (Å²) < 4.78 is 0. The van der Waals surface area contributed by atoms with Crippen molar-refractivity contribution < 1.29 is 4.79 Å². The number of piperidine rings is 1. The predicted molar refractivity (Wildman–Crippen MR) is 101 cm³/mol. The summed E-state index contributed by atoms with van der Waals surface area (Å²) in [5, 5.41) is 11.1. The van der Waals surface area contributed by atoms with E-state index in [0.29, 0.717) is 6.54 Å². The third-order valence-corrected chi connectivity index (χ3v) is 5.05. The molecular weight excluding hydrogens is 326 g/mol. The zero-order valence-corrected chi connectivity index (χ0v) is 14.7. The average molecular weight is 349 g/mol. The summed E-state index contributed by atoms with van der Waals surface area (Å²) >= 11 is 0. The summed E-state index contributed by atoms with van der Waals surface area (Å²) in [6, 6.07) is 10.3. The minimum atomic E-state index is 0.00379. The van der Waals surface area contributed by atoms with Crippen molar-refractivity contribution in [3.63, 3.8) is 0 Å². The molecule has 1 fully saturated rings. The molecule has 134 valence electrons. The molecule has 0 aliphatic carbocycles. The molecule has 26 heavy (non-hydrogen) atoms. The molecule has 1 saturated heterocycles. The molecule has 2 aromatic heterocycles. The number of pyridine rings is 1. The standard InChI is InChI=1S/C20H23N5O/c26-20(25-12-2-1-8-18(25)17-13-23-24-14-17)22-11-9-16-6-3-5-15-7-4-10-21-19(15)16/h3-7,10,13-14,18H,1-2,8-9,11-12H2,(H,22,26)(H,23,24)/t18-/m0/s1. The Morgan fingerprint density at radius 3 is 3.08 bits per heavy atom. The molecule has 0 unspecified atom stereocenters. The van der Waals surface area contributed by atoms with E-state index in [2.05, 4.69) is 38.7 Å². The number of amides is 2. The lowest BCUT2D eigenvalue weighted by Gasteiger charge is -2.35. The molecule has 3 aromatic rings. The molecule has 3 heterocycles. The van der Waals surface area contributed by atoms with Gasteiger partial charge in [0, 0.05) is 36.4 Å². The number of urea groups is 1. The Morgan fingerprint density at radius 1 is 1.27 bits per heavy atom. The van der Waals surface area contributed by atoms with E-state index < -0.39 is 0 Å². The molecule has 1 aliphatic heterocycles. The highest BCUT2D eigenvalue weighted by Gasteiger charge is 2.28. The first-order chi connectivity index (χ1) is 12.8. The maximum atomic E-state index is 12.7. The highest BCUT2D eigenvalue weighted by Crippen LogP contribution is 2.30. The zero-order chi connectivity index (χ0) is 17.8. The SMILES string of the molecule is O=C(NCCc1cccc2cccnc12)N1CCCC[C@H]1c1cn[nH]c1. The number of nitrogens with zero attached hydrogens (tertiary/aromatic N) is 3.